The van der Waals surface area contributed by atoms with Gasteiger partial charge in [0.25, 0.3) is 10.0 Å². The van der Waals surface area contributed by atoms with E-state index in [9.17, 15) is 13.2 Å². The molecule has 1 aliphatic carbocycles. The van der Waals surface area contributed by atoms with Gasteiger partial charge in [0.15, 0.2) is 0 Å². The largest absolute Gasteiger partial charge is 0.497 e. The molecule has 0 spiro atoms. The fourth-order valence-electron chi connectivity index (χ4n) is 4.23. The molecular weight excluding hydrogens is 472 g/mol. The van der Waals surface area contributed by atoms with Crippen LogP contribution in [0.3, 0.4) is 0 Å². The number of halogens is 1. The van der Waals surface area contributed by atoms with Crippen molar-refractivity contribution in [2.24, 2.45) is 0 Å². The molecule has 4 rings (SSSR count). The Hall–Kier alpha value is -3.03. The first-order valence-electron chi connectivity index (χ1n) is 11.1. The number of para-hydroxylation sites is 1. The lowest BCUT2D eigenvalue weighted by Gasteiger charge is -2.29. The Morgan fingerprint density at radius 1 is 1.12 bits per heavy atom. The minimum Gasteiger partial charge on any atom is -0.497 e. The Labute approximate surface area is 205 Å². The lowest BCUT2D eigenvalue weighted by Crippen LogP contribution is -2.42. The normalized spacial score (nSPS) is 15.3. The van der Waals surface area contributed by atoms with E-state index in [1.54, 1.807) is 43.5 Å². The summed E-state index contributed by atoms with van der Waals surface area (Å²) in [6.07, 6.45) is 2.61. The molecule has 6 nitrogen and oxygen atoms in total. The molecule has 0 heterocycles. The third-order valence-corrected chi connectivity index (χ3v) is 8.11. The van der Waals surface area contributed by atoms with Gasteiger partial charge in [-0.2, -0.15) is 0 Å². The molecule has 1 atom stereocenters. The molecule has 1 aliphatic rings. The van der Waals surface area contributed by atoms with Crippen molar-refractivity contribution >= 4 is 33.2 Å². The number of methoxy groups -OCH3 is 1. The molecule has 0 radical (unpaired) electrons. The SMILES string of the molecule is COc1ccc2c(c1)CCCC2NC(=O)CN(c1ccccc1Cl)S(=O)(=O)c1ccc(C)cc1. The number of ether oxygens (including phenoxy) is 1. The number of anilines is 1. The van der Waals surface area contributed by atoms with Crippen LogP contribution in [-0.2, 0) is 21.2 Å². The second-order valence-electron chi connectivity index (χ2n) is 8.35. The zero-order valence-corrected chi connectivity index (χ0v) is 20.7. The molecule has 0 saturated carbocycles. The highest BCUT2D eigenvalue weighted by molar-refractivity contribution is 7.92. The first-order valence-corrected chi connectivity index (χ1v) is 12.9. The number of nitrogens with one attached hydrogen (secondary N) is 1. The van der Waals surface area contributed by atoms with Crippen LogP contribution in [0.5, 0.6) is 5.75 Å². The maximum atomic E-state index is 13.6. The summed E-state index contributed by atoms with van der Waals surface area (Å²) < 4.78 is 33.5. The van der Waals surface area contributed by atoms with Gasteiger partial charge in [0.1, 0.15) is 12.3 Å². The molecule has 1 N–H and O–H groups in total. The number of nitrogens with zero attached hydrogens (tertiary/aromatic N) is 1. The smallest absolute Gasteiger partial charge is 0.264 e. The standard InChI is InChI=1S/C26H27ClN2O4S/c1-18-10-13-21(14-11-18)34(31,32)29(25-9-4-3-7-23(25)27)17-26(30)28-24-8-5-6-19-16-20(33-2)12-15-22(19)24/h3-4,7,9-16,24H,5-6,8,17H2,1-2H3,(H,28,30). The predicted octanol–water partition coefficient (Wildman–Crippen LogP) is 5.05. The summed E-state index contributed by atoms with van der Waals surface area (Å²) in [5, 5.41) is 3.29. The number of hydrogen-bond acceptors (Lipinski definition) is 4. The first kappa shape index (κ1) is 24.1. The highest BCUT2D eigenvalue weighted by atomic mass is 35.5. The molecular formula is C26H27ClN2O4S. The lowest BCUT2D eigenvalue weighted by molar-refractivity contribution is -0.120. The molecule has 0 bridgehead atoms. The average Bonchev–Trinajstić information content (AvgIpc) is 2.83. The first-order chi connectivity index (χ1) is 16.3. The minimum atomic E-state index is -4.03. The lowest BCUT2D eigenvalue weighted by atomic mass is 9.87. The van der Waals surface area contributed by atoms with E-state index in [2.05, 4.69) is 5.32 Å². The van der Waals surface area contributed by atoms with Gasteiger partial charge in [-0.25, -0.2) is 8.42 Å². The molecule has 0 fully saturated rings. The van der Waals surface area contributed by atoms with Crippen LogP contribution in [0.2, 0.25) is 5.02 Å². The molecule has 0 saturated heterocycles. The van der Waals surface area contributed by atoms with Crippen molar-refractivity contribution in [3.8, 4) is 5.75 Å². The topological polar surface area (TPSA) is 75.7 Å². The third kappa shape index (κ3) is 5.05. The molecule has 8 heteroatoms. The number of hydrogen-bond donors (Lipinski definition) is 1. The van der Waals surface area contributed by atoms with Crippen molar-refractivity contribution in [2.45, 2.75) is 37.1 Å². The van der Waals surface area contributed by atoms with Crippen LogP contribution in [0.1, 0.15) is 35.6 Å². The Morgan fingerprint density at radius 3 is 2.56 bits per heavy atom. The molecule has 34 heavy (non-hydrogen) atoms. The van der Waals surface area contributed by atoms with Crippen LogP contribution in [-0.4, -0.2) is 28.0 Å². The van der Waals surface area contributed by atoms with E-state index in [1.165, 1.54) is 12.1 Å². The van der Waals surface area contributed by atoms with Gasteiger partial charge in [-0.1, -0.05) is 47.5 Å². The van der Waals surface area contributed by atoms with Crippen LogP contribution in [0.25, 0.3) is 0 Å². The van der Waals surface area contributed by atoms with Crippen molar-refractivity contribution in [3.05, 3.63) is 88.4 Å². The molecule has 3 aromatic carbocycles. The Morgan fingerprint density at radius 2 is 1.85 bits per heavy atom. The average molecular weight is 499 g/mol. The Bertz CT molecular complexity index is 1290. The maximum Gasteiger partial charge on any atom is 0.264 e. The molecule has 0 aromatic heterocycles. The highest BCUT2D eigenvalue weighted by Gasteiger charge is 2.30. The number of benzene rings is 3. The molecule has 3 aromatic rings. The van der Waals surface area contributed by atoms with Gasteiger partial charge in [-0.05, 0) is 73.7 Å². The highest BCUT2D eigenvalue weighted by Crippen LogP contribution is 2.33. The molecule has 178 valence electrons. The Kier molecular flexibility index (Phi) is 7.14. The van der Waals surface area contributed by atoms with E-state index in [1.807, 2.05) is 25.1 Å². The summed E-state index contributed by atoms with van der Waals surface area (Å²) in [6, 6.07) is 18.8. The van der Waals surface area contributed by atoms with E-state index >= 15 is 0 Å². The summed E-state index contributed by atoms with van der Waals surface area (Å²) in [7, 11) is -2.40. The van der Waals surface area contributed by atoms with Crippen LogP contribution in [0.4, 0.5) is 5.69 Å². The van der Waals surface area contributed by atoms with Gasteiger partial charge in [-0.15, -0.1) is 0 Å². The van der Waals surface area contributed by atoms with Gasteiger partial charge in [-0.3, -0.25) is 9.10 Å². The van der Waals surface area contributed by atoms with E-state index < -0.39 is 15.9 Å². The monoisotopic (exact) mass is 498 g/mol. The second-order valence-corrected chi connectivity index (χ2v) is 10.6. The van der Waals surface area contributed by atoms with E-state index in [4.69, 9.17) is 16.3 Å². The quantitative estimate of drug-likeness (QED) is 0.494. The number of fused-ring (bicyclic) bond motifs is 1. The predicted molar refractivity (Wildman–Crippen MR) is 134 cm³/mol. The van der Waals surface area contributed by atoms with Crippen molar-refractivity contribution in [1.82, 2.24) is 5.32 Å². The number of aryl methyl sites for hydroxylation is 2. The van der Waals surface area contributed by atoms with Crippen LogP contribution in [0.15, 0.2) is 71.6 Å². The Balaban J connectivity index is 1.62. The summed E-state index contributed by atoms with van der Waals surface area (Å²) in [5.74, 6) is 0.379. The van der Waals surface area contributed by atoms with Gasteiger partial charge < -0.3 is 10.1 Å². The summed E-state index contributed by atoms with van der Waals surface area (Å²) in [6.45, 7) is 1.50. The van der Waals surface area contributed by atoms with Gasteiger partial charge in [0.2, 0.25) is 5.91 Å². The number of rotatable bonds is 7. The number of sulfonamides is 1. The van der Waals surface area contributed by atoms with Gasteiger partial charge in [0, 0.05) is 0 Å². The van der Waals surface area contributed by atoms with E-state index in [0.29, 0.717) is 0 Å². The van der Waals surface area contributed by atoms with Gasteiger partial charge in [0.05, 0.1) is 28.8 Å². The fraction of sp³-hybridized carbons (Fsp3) is 0.269. The van der Waals surface area contributed by atoms with Crippen molar-refractivity contribution in [1.29, 1.82) is 0 Å². The summed E-state index contributed by atoms with van der Waals surface area (Å²) in [5.41, 5.74) is 3.36. The molecule has 1 amide bonds. The van der Waals surface area contributed by atoms with Crippen molar-refractivity contribution in [3.63, 3.8) is 0 Å². The zero-order valence-electron chi connectivity index (χ0n) is 19.1. The van der Waals surface area contributed by atoms with E-state index in [0.717, 1.165) is 46.0 Å². The van der Waals surface area contributed by atoms with Crippen molar-refractivity contribution < 1.29 is 17.9 Å². The van der Waals surface area contributed by atoms with Crippen LogP contribution >= 0.6 is 11.6 Å². The molecule has 0 aliphatic heterocycles. The van der Waals surface area contributed by atoms with Crippen LogP contribution < -0.4 is 14.4 Å². The summed E-state index contributed by atoms with van der Waals surface area (Å²) >= 11 is 6.36. The van der Waals surface area contributed by atoms with Gasteiger partial charge >= 0.3 is 0 Å². The zero-order chi connectivity index (χ0) is 24.3. The third-order valence-electron chi connectivity index (χ3n) is 6.02. The van der Waals surface area contributed by atoms with Crippen molar-refractivity contribution in [2.75, 3.05) is 18.0 Å². The minimum absolute atomic E-state index is 0.0981. The van der Waals surface area contributed by atoms with E-state index in [-0.39, 0.29) is 28.2 Å². The molecule has 1 unspecified atom stereocenters. The summed E-state index contributed by atoms with van der Waals surface area (Å²) in [4.78, 5) is 13.3. The number of carbonyl (C=O) groups is 1. The fourth-order valence-corrected chi connectivity index (χ4v) is 5.96. The number of amides is 1. The maximum absolute atomic E-state index is 13.6. The second kappa shape index (κ2) is 10.1. The number of carbonyl (C=O) groups excluding carboxylic acids is 1. The van der Waals surface area contributed by atoms with Crippen LogP contribution in [0, 0.1) is 6.92 Å².